The Balaban J connectivity index is 1.58. The van der Waals surface area contributed by atoms with Crippen molar-refractivity contribution in [3.05, 3.63) is 0 Å². The number of rotatable bonds is 8. The summed E-state index contributed by atoms with van der Waals surface area (Å²) >= 11 is 0. The molecular formula is C16H33N3. The van der Waals surface area contributed by atoms with Crippen molar-refractivity contribution in [3.8, 4) is 0 Å². The van der Waals surface area contributed by atoms with E-state index in [-0.39, 0.29) is 0 Å². The minimum absolute atomic E-state index is 0.726. The highest BCUT2D eigenvalue weighted by Crippen LogP contribution is 2.29. The van der Waals surface area contributed by atoms with Gasteiger partial charge in [-0.1, -0.05) is 13.8 Å². The van der Waals surface area contributed by atoms with Crippen molar-refractivity contribution in [2.75, 3.05) is 45.8 Å². The van der Waals surface area contributed by atoms with Crippen LogP contribution in [-0.4, -0.2) is 55.6 Å². The van der Waals surface area contributed by atoms with Crippen LogP contribution in [0.3, 0.4) is 0 Å². The summed E-state index contributed by atoms with van der Waals surface area (Å²) in [6, 6.07) is 0. The summed E-state index contributed by atoms with van der Waals surface area (Å²) in [4.78, 5) is 5.31. The molecule has 0 aromatic rings. The van der Waals surface area contributed by atoms with Gasteiger partial charge >= 0.3 is 0 Å². The van der Waals surface area contributed by atoms with Crippen LogP contribution in [0.5, 0.6) is 0 Å². The van der Waals surface area contributed by atoms with Crippen LogP contribution in [0.1, 0.15) is 39.5 Å². The minimum Gasteiger partial charge on any atom is -0.330 e. The van der Waals surface area contributed by atoms with E-state index in [1.807, 2.05) is 0 Å². The van der Waals surface area contributed by atoms with E-state index in [0.717, 1.165) is 24.3 Å². The topological polar surface area (TPSA) is 32.5 Å². The molecule has 0 bridgehead atoms. The van der Waals surface area contributed by atoms with Crippen molar-refractivity contribution in [2.45, 2.75) is 39.5 Å². The second kappa shape index (κ2) is 7.61. The van der Waals surface area contributed by atoms with Gasteiger partial charge in [0.2, 0.25) is 0 Å². The van der Waals surface area contributed by atoms with Crippen molar-refractivity contribution in [1.82, 2.24) is 9.80 Å². The smallest absolute Gasteiger partial charge is 0.0110 e. The molecule has 1 heterocycles. The van der Waals surface area contributed by atoms with Crippen LogP contribution < -0.4 is 5.73 Å². The standard InChI is InChI=1S/C16H33N3/c1-14(2)11-16(12-17)5-6-18-7-9-19(10-8-18)13-15-3-4-15/h14-16H,3-13,17H2,1-2H3. The van der Waals surface area contributed by atoms with E-state index in [4.69, 9.17) is 5.73 Å². The molecule has 1 atom stereocenters. The van der Waals surface area contributed by atoms with Gasteiger partial charge < -0.3 is 15.5 Å². The number of piperazine rings is 1. The molecule has 0 radical (unpaired) electrons. The molecule has 2 fully saturated rings. The Kier molecular flexibility index (Phi) is 6.11. The quantitative estimate of drug-likeness (QED) is 0.730. The molecule has 2 N–H and O–H groups in total. The average molecular weight is 267 g/mol. The van der Waals surface area contributed by atoms with Gasteiger partial charge in [-0.15, -0.1) is 0 Å². The first kappa shape index (κ1) is 15.3. The Morgan fingerprint density at radius 1 is 1.05 bits per heavy atom. The lowest BCUT2D eigenvalue weighted by Gasteiger charge is -2.35. The predicted molar refractivity (Wildman–Crippen MR) is 82.2 cm³/mol. The Morgan fingerprint density at radius 3 is 2.21 bits per heavy atom. The second-order valence-corrected chi connectivity index (χ2v) is 7.11. The van der Waals surface area contributed by atoms with Gasteiger partial charge in [0.15, 0.2) is 0 Å². The summed E-state index contributed by atoms with van der Waals surface area (Å²) in [7, 11) is 0. The van der Waals surface area contributed by atoms with Gasteiger partial charge in [-0.25, -0.2) is 0 Å². The van der Waals surface area contributed by atoms with Crippen LogP contribution in [-0.2, 0) is 0 Å². The van der Waals surface area contributed by atoms with E-state index >= 15 is 0 Å². The Bertz CT molecular complexity index is 242. The van der Waals surface area contributed by atoms with Gasteiger partial charge in [0.25, 0.3) is 0 Å². The van der Waals surface area contributed by atoms with E-state index in [1.165, 1.54) is 65.0 Å². The van der Waals surface area contributed by atoms with Gasteiger partial charge in [0.1, 0.15) is 0 Å². The first-order chi connectivity index (χ1) is 9.17. The minimum atomic E-state index is 0.726. The number of hydrogen-bond acceptors (Lipinski definition) is 3. The third kappa shape index (κ3) is 5.80. The molecule has 3 nitrogen and oxygen atoms in total. The van der Waals surface area contributed by atoms with E-state index in [1.54, 1.807) is 0 Å². The predicted octanol–water partition coefficient (Wildman–Crippen LogP) is 2.03. The summed E-state index contributed by atoms with van der Waals surface area (Å²) in [5.41, 5.74) is 5.89. The van der Waals surface area contributed by atoms with Crippen LogP contribution in [0.2, 0.25) is 0 Å². The van der Waals surface area contributed by atoms with Crippen LogP contribution in [0, 0.1) is 17.8 Å². The molecule has 112 valence electrons. The molecule has 0 spiro atoms. The average Bonchev–Trinajstić information content (AvgIpc) is 3.19. The highest BCUT2D eigenvalue weighted by atomic mass is 15.3. The Morgan fingerprint density at radius 2 is 1.68 bits per heavy atom. The molecule has 2 aliphatic rings. The van der Waals surface area contributed by atoms with Gasteiger partial charge in [-0.05, 0) is 56.5 Å². The zero-order chi connectivity index (χ0) is 13.7. The molecule has 1 saturated heterocycles. The maximum Gasteiger partial charge on any atom is 0.0110 e. The van der Waals surface area contributed by atoms with E-state index in [9.17, 15) is 0 Å². The lowest BCUT2D eigenvalue weighted by Crippen LogP contribution is -2.47. The van der Waals surface area contributed by atoms with E-state index in [2.05, 4.69) is 23.6 Å². The Labute approximate surface area is 119 Å². The van der Waals surface area contributed by atoms with Crippen LogP contribution >= 0.6 is 0 Å². The third-order valence-corrected chi connectivity index (χ3v) is 4.67. The maximum absolute atomic E-state index is 5.89. The maximum atomic E-state index is 5.89. The largest absolute Gasteiger partial charge is 0.330 e. The highest BCUT2D eigenvalue weighted by molar-refractivity contribution is 4.80. The zero-order valence-electron chi connectivity index (χ0n) is 13.0. The molecule has 1 saturated carbocycles. The normalized spacial score (nSPS) is 24.0. The van der Waals surface area contributed by atoms with E-state index < -0.39 is 0 Å². The summed E-state index contributed by atoms with van der Waals surface area (Å²) in [5, 5.41) is 0. The monoisotopic (exact) mass is 267 g/mol. The molecule has 0 aromatic carbocycles. The third-order valence-electron chi connectivity index (χ3n) is 4.67. The fourth-order valence-electron chi connectivity index (χ4n) is 3.22. The highest BCUT2D eigenvalue weighted by Gasteiger charge is 2.26. The fraction of sp³-hybridized carbons (Fsp3) is 1.00. The molecule has 19 heavy (non-hydrogen) atoms. The molecule has 1 aliphatic heterocycles. The number of nitrogens with zero attached hydrogens (tertiary/aromatic N) is 2. The molecule has 1 unspecified atom stereocenters. The lowest BCUT2D eigenvalue weighted by atomic mass is 9.94. The molecule has 3 heteroatoms. The van der Waals surface area contributed by atoms with Crippen molar-refractivity contribution in [2.24, 2.45) is 23.5 Å². The fourth-order valence-corrected chi connectivity index (χ4v) is 3.22. The van der Waals surface area contributed by atoms with Gasteiger partial charge in [-0.3, -0.25) is 0 Å². The molecule has 0 amide bonds. The van der Waals surface area contributed by atoms with Gasteiger partial charge in [-0.2, -0.15) is 0 Å². The summed E-state index contributed by atoms with van der Waals surface area (Å²) in [6.07, 6.45) is 5.54. The van der Waals surface area contributed by atoms with E-state index in [0.29, 0.717) is 0 Å². The van der Waals surface area contributed by atoms with Crippen molar-refractivity contribution in [3.63, 3.8) is 0 Å². The van der Waals surface area contributed by atoms with Crippen molar-refractivity contribution >= 4 is 0 Å². The SMILES string of the molecule is CC(C)CC(CN)CCN1CCN(CC2CC2)CC1. The van der Waals surface area contributed by atoms with Crippen molar-refractivity contribution in [1.29, 1.82) is 0 Å². The van der Waals surface area contributed by atoms with Crippen LogP contribution in [0.15, 0.2) is 0 Å². The van der Waals surface area contributed by atoms with Crippen LogP contribution in [0.4, 0.5) is 0 Å². The number of hydrogen-bond donors (Lipinski definition) is 1. The Hall–Kier alpha value is -0.120. The second-order valence-electron chi connectivity index (χ2n) is 7.11. The molecule has 2 rings (SSSR count). The zero-order valence-corrected chi connectivity index (χ0v) is 13.0. The summed E-state index contributed by atoms with van der Waals surface area (Å²) in [6.45, 7) is 13.2. The lowest BCUT2D eigenvalue weighted by molar-refractivity contribution is 0.122. The summed E-state index contributed by atoms with van der Waals surface area (Å²) in [5.74, 6) is 2.55. The van der Waals surface area contributed by atoms with Crippen molar-refractivity contribution < 1.29 is 0 Å². The molecule has 0 aromatic heterocycles. The van der Waals surface area contributed by atoms with Gasteiger partial charge in [0, 0.05) is 32.7 Å². The number of nitrogens with two attached hydrogens (primary N) is 1. The first-order valence-corrected chi connectivity index (χ1v) is 8.32. The first-order valence-electron chi connectivity index (χ1n) is 8.32. The summed E-state index contributed by atoms with van der Waals surface area (Å²) < 4.78 is 0. The molecular weight excluding hydrogens is 234 g/mol. The molecule has 1 aliphatic carbocycles. The van der Waals surface area contributed by atoms with Crippen LogP contribution in [0.25, 0.3) is 0 Å². The van der Waals surface area contributed by atoms with Gasteiger partial charge in [0.05, 0.1) is 0 Å².